The highest BCUT2D eigenvalue weighted by Gasteiger charge is 2.27. The molecule has 0 radical (unpaired) electrons. The molecule has 18 heavy (non-hydrogen) atoms. The molecule has 0 spiro atoms. The van der Waals surface area contributed by atoms with Crippen LogP contribution in [0.1, 0.15) is 38.7 Å². The highest BCUT2D eigenvalue weighted by Crippen LogP contribution is 2.36. The fourth-order valence-electron chi connectivity index (χ4n) is 2.27. The van der Waals surface area contributed by atoms with Crippen molar-refractivity contribution in [1.82, 2.24) is 9.97 Å². The Bertz CT molecular complexity index is 389. The van der Waals surface area contributed by atoms with Crippen LogP contribution in [0.2, 0.25) is 0 Å². The molecule has 100 valence electrons. The number of aromatic nitrogens is 2. The van der Waals surface area contributed by atoms with Crippen molar-refractivity contribution in [3.63, 3.8) is 0 Å². The van der Waals surface area contributed by atoms with Gasteiger partial charge in [0.1, 0.15) is 18.0 Å². The maximum atomic E-state index is 5.50. The van der Waals surface area contributed by atoms with Gasteiger partial charge in [0.15, 0.2) is 0 Å². The number of nitrogen functional groups attached to an aromatic ring is 1. The second kappa shape index (κ2) is 6.00. The predicted octanol–water partition coefficient (Wildman–Crippen LogP) is 2.17. The Balaban J connectivity index is 2.05. The summed E-state index contributed by atoms with van der Waals surface area (Å²) < 4.78 is 0. The summed E-state index contributed by atoms with van der Waals surface area (Å²) in [6.07, 6.45) is 6.29. The standard InChI is InChI=1S/C13H23N5/c1-3-4-11-12(16-8-17-13(11)18-14)15-7-9(2)10-5-6-10/h8-10H,3-7,14H2,1-2H3,(H2,15,16,17,18). The van der Waals surface area contributed by atoms with E-state index in [9.17, 15) is 0 Å². The van der Waals surface area contributed by atoms with Gasteiger partial charge in [-0.3, -0.25) is 0 Å². The Kier molecular flexibility index (Phi) is 4.36. The van der Waals surface area contributed by atoms with Crippen molar-refractivity contribution in [3.05, 3.63) is 11.9 Å². The molecular weight excluding hydrogens is 226 g/mol. The third-order valence-electron chi connectivity index (χ3n) is 3.60. The van der Waals surface area contributed by atoms with E-state index in [1.54, 1.807) is 6.33 Å². The smallest absolute Gasteiger partial charge is 0.148 e. The van der Waals surface area contributed by atoms with Crippen LogP contribution in [0.3, 0.4) is 0 Å². The number of anilines is 2. The van der Waals surface area contributed by atoms with Crippen molar-refractivity contribution in [2.75, 3.05) is 17.3 Å². The van der Waals surface area contributed by atoms with Gasteiger partial charge in [-0.05, 0) is 31.1 Å². The van der Waals surface area contributed by atoms with E-state index in [4.69, 9.17) is 5.84 Å². The molecule has 5 heteroatoms. The van der Waals surface area contributed by atoms with Crippen molar-refractivity contribution in [3.8, 4) is 0 Å². The molecule has 1 aliphatic carbocycles. The molecule has 1 atom stereocenters. The first-order chi connectivity index (χ1) is 8.76. The lowest BCUT2D eigenvalue weighted by Gasteiger charge is -2.16. The molecule has 0 amide bonds. The van der Waals surface area contributed by atoms with E-state index in [1.165, 1.54) is 12.8 Å². The minimum atomic E-state index is 0.712. The molecule has 1 aliphatic rings. The molecule has 0 aromatic carbocycles. The number of nitrogens with one attached hydrogen (secondary N) is 2. The van der Waals surface area contributed by atoms with E-state index in [0.29, 0.717) is 5.92 Å². The first kappa shape index (κ1) is 13.1. The Morgan fingerprint density at radius 2 is 2.11 bits per heavy atom. The number of rotatable bonds is 7. The summed E-state index contributed by atoms with van der Waals surface area (Å²) in [7, 11) is 0. The van der Waals surface area contributed by atoms with Crippen LogP contribution in [0.15, 0.2) is 6.33 Å². The third kappa shape index (κ3) is 3.10. The predicted molar refractivity (Wildman–Crippen MR) is 74.2 cm³/mol. The summed E-state index contributed by atoms with van der Waals surface area (Å²) in [4.78, 5) is 8.50. The van der Waals surface area contributed by atoms with Crippen LogP contribution in [0.25, 0.3) is 0 Å². The van der Waals surface area contributed by atoms with E-state index < -0.39 is 0 Å². The quantitative estimate of drug-likeness (QED) is 0.510. The van der Waals surface area contributed by atoms with Gasteiger partial charge in [-0.15, -0.1) is 0 Å². The average Bonchev–Trinajstić information content (AvgIpc) is 3.21. The van der Waals surface area contributed by atoms with E-state index in [2.05, 4.69) is 34.6 Å². The van der Waals surface area contributed by atoms with Crippen molar-refractivity contribution >= 4 is 11.6 Å². The van der Waals surface area contributed by atoms with Gasteiger partial charge in [-0.25, -0.2) is 15.8 Å². The maximum Gasteiger partial charge on any atom is 0.148 e. The number of hydrogen-bond acceptors (Lipinski definition) is 5. The van der Waals surface area contributed by atoms with Gasteiger partial charge in [-0.2, -0.15) is 0 Å². The maximum absolute atomic E-state index is 5.50. The summed E-state index contributed by atoms with van der Waals surface area (Å²) in [5.74, 6) is 8.76. The SMILES string of the molecule is CCCc1c(NN)ncnc1NCC(C)C1CC1. The normalized spacial score (nSPS) is 16.4. The topological polar surface area (TPSA) is 75.9 Å². The van der Waals surface area contributed by atoms with Gasteiger partial charge in [0.05, 0.1) is 0 Å². The highest BCUT2D eigenvalue weighted by molar-refractivity contribution is 5.56. The molecule has 2 rings (SSSR count). The molecule has 5 nitrogen and oxygen atoms in total. The van der Waals surface area contributed by atoms with Crippen LogP contribution >= 0.6 is 0 Å². The molecule has 0 saturated heterocycles. The zero-order valence-electron chi connectivity index (χ0n) is 11.2. The van der Waals surface area contributed by atoms with E-state index in [0.717, 1.165) is 42.5 Å². The summed E-state index contributed by atoms with van der Waals surface area (Å²) in [6.45, 7) is 5.42. The number of nitrogens with zero attached hydrogens (tertiary/aromatic N) is 2. The molecule has 1 heterocycles. The minimum Gasteiger partial charge on any atom is -0.369 e. The largest absolute Gasteiger partial charge is 0.369 e. The van der Waals surface area contributed by atoms with Gasteiger partial charge < -0.3 is 10.7 Å². The highest BCUT2D eigenvalue weighted by atomic mass is 15.3. The summed E-state index contributed by atoms with van der Waals surface area (Å²) in [6, 6.07) is 0. The first-order valence-corrected chi connectivity index (χ1v) is 6.80. The van der Waals surface area contributed by atoms with Gasteiger partial charge in [0.25, 0.3) is 0 Å². The van der Waals surface area contributed by atoms with Crippen molar-refractivity contribution in [1.29, 1.82) is 0 Å². The summed E-state index contributed by atoms with van der Waals surface area (Å²) >= 11 is 0. The molecule has 0 bridgehead atoms. The zero-order chi connectivity index (χ0) is 13.0. The van der Waals surface area contributed by atoms with Gasteiger partial charge >= 0.3 is 0 Å². The zero-order valence-corrected chi connectivity index (χ0v) is 11.2. The van der Waals surface area contributed by atoms with Gasteiger partial charge in [0.2, 0.25) is 0 Å². The number of nitrogens with two attached hydrogens (primary N) is 1. The fraction of sp³-hybridized carbons (Fsp3) is 0.692. The van der Waals surface area contributed by atoms with E-state index in [1.807, 2.05) is 0 Å². The Morgan fingerprint density at radius 1 is 1.39 bits per heavy atom. The molecule has 1 saturated carbocycles. The van der Waals surface area contributed by atoms with Gasteiger partial charge in [-0.1, -0.05) is 20.3 Å². The van der Waals surface area contributed by atoms with E-state index in [-0.39, 0.29) is 0 Å². The number of hydrogen-bond donors (Lipinski definition) is 3. The van der Waals surface area contributed by atoms with Crippen LogP contribution in [-0.4, -0.2) is 16.5 Å². The minimum absolute atomic E-state index is 0.712. The molecule has 1 unspecified atom stereocenters. The molecule has 4 N–H and O–H groups in total. The summed E-state index contributed by atoms with van der Waals surface area (Å²) in [5, 5.41) is 3.45. The summed E-state index contributed by atoms with van der Waals surface area (Å²) in [5.41, 5.74) is 3.74. The van der Waals surface area contributed by atoms with Crippen LogP contribution in [-0.2, 0) is 6.42 Å². The monoisotopic (exact) mass is 249 g/mol. The van der Waals surface area contributed by atoms with Crippen LogP contribution in [0.4, 0.5) is 11.6 Å². The van der Waals surface area contributed by atoms with Crippen molar-refractivity contribution < 1.29 is 0 Å². The van der Waals surface area contributed by atoms with Crippen molar-refractivity contribution in [2.45, 2.75) is 39.5 Å². The van der Waals surface area contributed by atoms with Gasteiger partial charge in [0, 0.05) is 12.1 Å². The Morgan fingerprint density at radius 3 is 2.72 bits per heavy atom. The molecule has 1 aromatic rings. The fourth-order valence-corrected chi connectivity index (χ4v) is 2.27. The lowest BCUT2D eigenvalue weighted by molar-refractivity contribution is 0.535. The third-order valence-corrected chi connectivity index (χ3v) is 3.60. The first-order valence-electron chi connectivity index (χ1n) is 6.80. The molecule has 0 aliphatic heterocycles. The molecule has 1 aromatic heterocycles. The number of hydrazine groups is 1. The lowest BCUT2D eigenvalue weighted by Crippen LogP contribution is -2.17. The second-order valence-electron chi connectivity index (χ2n) is 5.14. The lowest BCUT2D eigenvalue weighted by atomic mass is 10.1. The van der Waals surface area contributed by atoms with E-state index >= 15 is 0 Å². The van der Waals surface area contributed by atoms with Crippen LogP contribution in [0, 0.1) is 11.8 Å². The Labute approximate surface area is 109 Å². The second-order valence-corrected chi connectivity index (χ2v) is 5.14. The van der Waals surface area contributed by atoms with Crippen LogP contribution in [0.5, 0.6) is 0 Å². The average molecular weight is 249 g/mol. The Hall–Kier alpha value is -1.36. The molecular formula is C13H23N5. The van der Waals surface area contributed by atoms with Crippen LogP contribution < -0.4 is 16.6 Å². The molecule has 1 fully saturated rings. The van der Waals surface area contributed by atoms with Crippen molar-refractivity contribution in [2.24, 2.45) is 17.7 Å².